The quantitative estimate of drug-likeness (QED) is 0.808. The first-order chi connectivity index (χ1) is 8.60. The summed E-state index contributed by atoms with van der Waals surface area (Å²) < 4.78 is 6.57. The molecule has 0 saturated carbocycles. The molecule has 2 atom stereocenters. The van der Waals surface area contributed by atoms with Gasteiger partial charge in [0.1, 0.15) is 0 Å². The lowest BCUT2D eigenvalue weighted by Crippen LogP contribution is -2.29. The van der Waals surface area contributed by atoms with Crippen molar-refractivity contribution < 1.29 is 9.84 Å². The highest BCUT2D eigenvalue weighted by atomic mass is 16.5. The molecule has 1 aromatic rings. The van der Waals surface area contributed by atoms with Gasteiger partial charge in [-0.25, -0.2) is 4.68 Å². The van der Waals surface area contributed by atoms with Gasteiger partial charge in [-0.3, -0.25) is 4.79 Å². The highest BCUT2D eigenvalue weighted by molar-refractivity contribution is 5.44. The zero-order valence-corrected chi connectivity index (χ0v) is 10.7. The Balaban J connectivity index is 2.12. The Morgan fingerprint density at radius 2 is 2.44 bits per heavy atom. The summed E-state index contributed by atoms with van der Waals surface area (Å²) >= 11 is 0. The van der Waals surface area contributed by atoms with Crippen LogP contribution in [0.3, 0.4) is 0 Å². The number of aliphatic hydroxyl groups excluding tert-OH is 1. The van der Waals surface area contributed by atoms with Gasteiger partial charge < -0.3 is 14.7 Å². The van der Waals surface area contributed by atoms with Gasteiger partial charge in [0.15, 0.2) is 0 Å². The second-order valence-corrected chi connectivity index (χ2v) is 4.68. The third-order valence-corrected chi connectivity index (χ3v) is 3.14. The van der Waals surface area contributed by atoms with Gasteiger partial charge in [0.05, 0.1) is 30.6 Å². The zero-order chi connectivity index (χ0) is 13.1. The van der Waals surface area contributed by atoms with E-state index in [2.05, 4.69) is 10.00 Å². The van der Waals surface area contributed by atoms with E-state index in [1.807, 2.05) is 0 Å². The summed E-state index contributed by atoms with van der Waals surface area (Å²) in [7, 11) is 1.70. The van der Waals surface area contributed by atoms with E-state index in [1.165, 1.54) is 4.68 Å². The van der Waals surface area contributed by atoms with Crippen LogP contribution in [0, 0.1) is 0 Å². The first-order valence-corrected chi connectivity index (χ1v) is 6.13. The average molecular weight is 253 g/mol. The minimum Gasteiger partial charge on any atom is -0.391 e. The molecule has 100 valence electrons. The molecular weight excluding hydrogens is 234 g/mol. The van der Waals surface area contributed by atoms with Crippen LogP contribution in [-0.2, 0) is 11.3 Å². The summed E-state index contributed by atoms with van der Waals surface area (Å²) in [5, 5.41) is 13.3. The molecule has 0 spiro atoms. The number of aliphatic hydroxyl groups is 1. The Hall–Kier alpha value is -1.40. The molecule has 0 radical (unpaired) electrons. The maximum absolute atomic E-state index is 11.8. The summed E-state index contributed by atoms with van der Waals surface area (Å²) in [4.78, 5) is 13.9. The van der Waals surface area contributed by atoms with E-state index < -0.39 is 6.10 Å². The Morgan fingerprint density at radius 1 is 1.67 bits per heavy atom. The Kier molecular flexibility index (Phi) is 3.98. The molecule has 0 aliphatic carbocycles. The molecule has 1 fully saturated rings. The van der Waals surface area contributed by atoms with Crippen molar-refractivity contribution in [3.8, 4) is 0 Å². The van der Waals surface area contributed by atoms with Gasteiger partial charge in [-0.05, 0) is 13.3 Å². The Morgan fingerprint density at radius 3 is 3.00 bits per heavy atom. The normalized spacial score (nSPS) is 21.3. The molecule has 1 aliphatic rings. The van der Waals surface area contributed by atoms with Gasteiger partial charge in [-0.1, -0.05) is 0 Å². The number of anilines is 1. The summed E-state index contributed by atoms with van der Waals surface area (Å²) in [6, 6.07) is 1.56. The molecule has 6 heteroatoms. The number of methoxy groups -OCH3 is 1. The van der Waals surface area contributed by atoms with E-state index in [9.17, 15) is 9.90 Å². The highest BCUT2D eigenvalue weighted by Gasteiger charge is 2.22. The fourth-order valence-electron chi connectivity index (χ4n) is 2.14. The zero-order valence-electron chi connectivity index (χ0n) is 10.7. The second kappa shape index (κ2) is 5.49. The van der Waals surface area contributed by atoms with Crippen molar-refractivity contribution in [1.82, 2.24) is 9.78 Å². The minimum absolute atomic E-state index is 0.186. The van der Waals surface area contributed by atoms with Crippen LogP contribution in [-0.4, -0.2) is 47.3 Å². The van der Waals surface area contributed by atoms with Crippen LogP contribution in [0.15, 0.2) is 17.1 Å². The molecule has 0 amide bonds. The van der Waals surface area contributed by atoms with E-state index in [1.54, 1.807) is 26.3 Å². The van der Waals surface area contributed by atoms with E-state index in [-0.39, 0.29) is 18.2 Å². The number of rotatable bonds is 4. The van der Waals surface area contributed by atoms with E-state index >= 15 is 0 Å². The van der Waals surface area contributed by atoms with Crippen molar-refractivity contribution in [2.45, 2.75) is 32.1 Å². The Bertz CT molecular complexity index is 458. The standard InChI is InChI=1S/C12H19N3O3/c1-9(16)7-15-12(17)5-10(6-13-15)14-4-3-11(8-14)18-2/h5-6,9,11,16H,3-4,7-8H2,1-2H3/t9-,11?/m1/s1. The molecule has 1 saturated heterocycles. The van der Waals surface area contributed by atoms with E-state index in [0.29, 0.717) is 0 Å². The molecule has 0 aromatic carbocycles. The van der Waals surface area contributed by atoms with Gasteiger partial charge in [-0.15, -0.1) is 0 Å². The maximum atomic E-state index is 11.8. The molecule has 1 aromatic heterocycles. The largest absolute Gasteiger partial charge is 0.391 e. The van der Waals surface area contributed by atoms with E-state index in [0.717, 1.165) is 25.2 Å². The third kappa shape index (κ3) is 2.88. The van der Waals surface area contributed by atoms with Crippen LogP contribution in [0.2, 0.25) is 0 Å². The lowest BCUT2D eigenvalue weighted by atomic mass is 10.3. The summed E-state index contributed by atoms with van der Waals surface area (Å²) in [6.45, 7) is 3.52. The van der Waals surface area contributed by atoms with Crippen molar-refractivity contribution in [3.63, 3.8) is 0 Å². The molecule has 1 unspecified atom stereocenters. The first-order valence-electron chi connectivity index (χ1n) is 6.13. The maximum Gasteiger partial charge on any atom is 0.268 e. The topological polar surface area (TPSA) is 67.6 Å². The van der Waals surface area contributed by atoms with Gasteiger partial charge in [0.2, 0.25) is 0 Å². The van der Waals surface area contributed by atoms with Crippen molar-refractivity contribution >= 4 is 5.69 Å². The van der Waals surface area contributed by atoms with Gasteiger partial charge in [-0.2, -0.15) is 5.10 Å². The SMILES string of the molecule is COC1CCN(c2cnn(C[C@@H](C)O)c(=O)c2)C1. The third-order valence-electron chi connectivity index (χ3n) is 3.14. The highest BCUT2D eigenvalue weighted by Crippen LogP contribution is 2.19. The van der Waals surface area contributed by atoms with Crippen molar-refractivity contribution in [2.75, 3.05) is 25.1 Å². The number of ether oxygens (including phenoxy) is 1. The molecular formula is C12H19N3O3. The monoisotopic (exact) mass is 253 g/mol. The first kappa shape index (κ1) is 13.0. The molecule has 0 bridgehead atoms. The summed E-state index contributed by atoms with van der Waals surface area (Å²) in [5.74, 6) is 0. The smallest absolute Gasteiger partial charge is 0.268 e. The molecule has 1 aliphatic heterocycles. The number of aromatic nitrogens is 2. The van der Waals surface area contributed by atoms with Crippen LogP contribution in [0.25, 0.3) is 0 Å². The number of hydrogen-bond donors (Lipinski definition) is 1. The minimum atomic E-state index is -0.578. The van der Waals surface area contributed by atoms with Crippen LogP contribution in [0.1, 0.15) is 13.3 Å². The van der Waals surface area contributed by atoms with Gasteiger partial charge >= 0.3 is 0 Å². The van der Waals surface area contributed by atoms with Crippen molar-refractivity contribution in [2.24, 2.45) is 0 Å². The summed E-state index contributed by atoms with van der Waals surface area (Å²) in [5.41, 5.74) is 0.635. The Labute approximate surface area is 106 Å². The molecule has 6 nitrogen and oxygen atoms in total. The fraction of sp³-hybridized carbons (Fsp3) is 0.667. The predicted octanol–water partition coefficient (Wildman–Crippen LogP) is -0.151. The van der Waals surface area contributed by atoms with Crippen LogP contribution < -0.4 is 10.5 Å². The number of nitrogens with zero attached hydrogens (tertiary/aromatic N) is 3. The van der Waals surface area contributed by atoms with Crippen molar-refractivity contribution in [1.29, 1.82) is 0 Å². The second-order valence-electron chi connectivity index (χ2n) is 4.68. The molecule has 2 heterocycles. The molecule has 2 rings (SSSR count). The van der Waals surface area contributed by atoms with E-state index in [4.69, 9.17) is 4.74 Å². The lowest BCUT2D eigenvalue weighted by Gasteiger charge is -2.18. The van der Waals surface area contributed by atoms with Crippen LogP contribution in [0.4, 0.5) is 5.69 Å². The molecule has 1 N–H and O–H groups in total. The summed E-state index contributed by atoms with van der Waals surface area (Å²) in [6.07, 6.45) is 2.28. The average Bonchev–Trinajstić information content (AvgIpc) is 2.80. The van der Waals surface area contributed by atoms with Gasteiger partial charge in [0.25, 0.3) is 5.56 Å². The van der Waals surface area contributed by atoms with Crippen LogP contribution in [0.5, 0.6) is 0 Å². The lowest BCUT2D eigenvalue weighted by molar-refractivity contribution is 0.121. The molecule has 18 heavy (non-hydrogen) atoms. The number of hydrogen-bond acceptors (Lipinski definition) is 5. The van der Waals surface area contributed by atoms with Gasteiger partial charge in [0, 0.05) is 26.3 Å². The fourth-order valence-corrected chi connectivity index (χ4v) is 2.14. The van der Waals surface area contributed by atoms with Crippen LogP contribution >= 0.6 is 0 Å². The van der Waals surface area contributed by atoms with Crippen molar-refractivity contribution in [3.05, 3.63) is 22.6 Å². The predicted molar refractivity (Wildman–Crippen MR) is 67.8 cm³/mol.